The number of methoxy groups -OCH3 is 1. The summed E-state index contributed by atoms with van der Waals surface area (Å²) in [4.78, 5) is 23.2. The molecular weight excluding hydrogens is 380 g/mol. The highest BCUT2D eigenvalue weighted by molar-refractivity contribution is 8.01. The van der Waals surface area contributed by atoms with Gasteiger partial charge in [-0.25, -0.2) is 0 Å². The lowest BCUT2D eigenvalue weighted by Crippen LogP contribution is -2.17. The van der Waals surface area contributed by atoms with Crippen LogP contribution in [0.3, 0.4) is 0 Å². The minimum atomic E-state index is -0.525. The second kappa shape index (κ2) is 12.3. The van der Waals surface area contributed by atoms with E-state index >= 15 is 0 Å². The van der Waals surface area contributed by atoms with Crippen LogP contribution in [0.4, 0.5) is 0 Å². The van der Waals surface area contributed by atoms with Crippen molar-refractivity contribution in [1.29, 1.82) is 0 Å². The number of allylic oxidation sites excluding steroid dienone is 1. The third-order valence-corrected chi connectivity index (χ3v) is 6.99. The Morgan fingerprint density at radius 1 is 1.33 bits per heavy atom. The number of esters is 1. The van der Waals surface area contributed by atoms with Crippen LogP contribution in [0.15, 0.2) is 42.5 Å². The zero-order chi connectivity index (χ0) is 19.5. The Hall–Kier alpha value is -1.24. The number of carbonyl (C=O) groups is 2. The number of hydrogen-bond acceptors (Lipinski definition) is 6. The number of aliphatic hydroxyl groups is 1. The van der Waals surface area contributed by atoms with Crippen molar-refractivity contribution < 1.29 is 19.4 Å². The molecule has 0 aromatic heterocycles. The molecule has 1 aliphatic carbocycles. The Labute approximate surface area is 170 Å². The lowest BCUT2D eigenvalue weighted by Gasteiger charge is -2.15. The number of aliphatic hydroxyl groups excluding tert-OH is 1. The van der Waals surface area contributed by atoms with Gasteiger partial charge in [0.25, 0.3) is 0 Å². The standard InChI is InChI=1S/C21H28O4S2/c1-25-20(24)15-26-12-5-13-27-21-17(9-11-19(21)23)8-10-18(22)14-16-6-3-2-4-7-16/h2-4,6-8,10,17-18,21-22H,5,9,11-15H2,1H3/b10-8+/t17-,18?,21+/m0/s1. The van der Waals surface area contributed by atoms with E-state index in [2.05, 4.69) is 4.74 Å². The molecule has 1 fully saturated rings. The van der Waals surface area contributed by atoms with E-state index in [1.165, 1.54) is 7.11 Å². The maximum absolute atomic E-state index is 12.2. The minimum absolute atomic E-state index is 0.00391. The number of ketones is 1. The molecule has 3 atom stereocenters. The van der Waals surface area contributed by atoms with Crippen molar-refractivity contribution in [2.24, 2.45) is 5.92 Å². The van der Waals surface area contributed by atoms with E-state index < -0.39 is 6.10 Å². The van der Waals surface area contributed by atoms with E-state index in [9.17, 15) is 14.7 Å². The Morgan fingerprint density at radius 3 is 2.85 bits per heavy atom. The van der Waals surface area contributed by atoms with Gasteiger partial charge in [0.1, 0.15) is 5.78 Å². The summed E-state index contributed by atoms with van der Waals surface area (Å²) >= 11 is 3.27. The van der Waals surface area contributed by atoms with Gasteiger partial charge in [0, 0.05) is 12.8 Å². The molecule has 148 valence electrons. The minimum Gasteiger partial charge on any atom is -0.468 e. The van der Waals surface area contributed by atoms with Gasteiger partial charge in [0.2, 0.25) is 0 Å². The van der Waals surface area contributed by atoms with Gasteiger partial charge in [-0.05, 0) is 35.8 Å². The number of benzene rings is 1. The van der Waals surface area contributed by atoms with Gasteiger partial charge >= 0.3 is 5.97 Å². The molecule has 2 rings (SSSR count). The Morgan fingerprint density at radius 2 is 2.11 bits per heavy atom. The summed E-state index contributed by atoms with van der Waals surface area (Å²) in [5.74, 6) is 2.50. The number of ether oxygens (including phenoxy) is 1. The monoisotopic (exact) mass is 408 g/mol. The van der Waals surface area contributed by atoms with Crippen LogP contribution < -0.4 is 0 Å². The third kappa shape index (κ3) is 8.11. The normalized spacial score (nSPS) is 20.9. The molecule has 1 aromatic rings. The molecule has 0 heterocycles. The van der Waals surface area contributed by atoms with Crippen molar-refractivity contribution in [3.05, 3.63) is 48.0 Å². The first-order valence-corrected chi connectivity index (χ1v) is 11.5. The summed E-state index contributed by atoms with van der Waals surface area (Å²) in [7, 11) is 1.40. The molecular formula is C21H28O4S2. The first-order chi connectivity index (χ1) is 13.1. The van der Waals surface area contributed by atoms with Crippen LogP contribution in [-0.4, -0.2) is 52.6 Å². The zero-order valence-electron chi connectivity index (χ0n) is 15.7. The van der Waals surface area contributed by atoms with E-state index in [0.29, 0.717) is 24.4 Å². The van der Waals surface area contributed by atoms with Gasteiger partial charge in [-0.15, -0.1) is 11.8 Å². The van der Waals surface area contributed by atoms with Crippen LogP contribution in [0.1, 0.15) is 24.8 Å². The van der Waals surface area contributed by atoms with Crippen molar-refractivity contribution in [3.8, 4) is 0 Å². The molecule has 27 heavy (non-hydrogen) atoms. The predicted molar refractivity (Wildman–Crippen MR) is 113 cm³/mol. The maximum atomic E-state index is 12.2. The zero-order valence-corrected chi connectivity index (χ0v) is 17.3. The second-order valence-electron chi connectivity index (χ2n) is 6.58. The second-order valence-corrected chi connectivity index (χ2v) is 8.94. The SMILES string of the molecule is COC(=O)CSCCCS[C@H]1C(=O)CC[C@@H]1/C=C/C(O)Cc1ccccc1. The van der Waals surface area contributed by atoms with E-state index in [4.69, 9.17) is 0 Å². The molecule has 1 aromatic carbocycles. The fourth-order valence-electron chi connectivity index (χ4n) is 3.04. The van der Waals surface area contributed by atoms with Crippen molar-refractivity contribution in [1.82, 2.24) is 0 Å². The van der Waals surface area contributed by atoms with Crippen LogP contribution in [0.5, 0.6) is 0 Å². The van der Waals surface area contributed by atoms with Gasteiger partial charge in [0.05, 0.1) is 24.2 Å². The van der Waals surface area contributed by atoms with Crippen LogP contribution in [-0.2, 0) is 20.7 Å². The quantitative estimate of drug-likeness (QED) is 0.343. The van der Waals surface area contributed by atoms with E-state index in [1.54, 1.807) is 23.5 Å². The first-order valence-electron chi connectivity index (χ1n) is 9.29. The predicted octanol–water partition coefficient (Wildman–Crippen LogP) is 3.52. The van der Waals surface area contributed by atoms with Gasteiger partial charge < -0.3 is 9.84 Å². The van der Waals surface area contributed by atoms with Crippen molar-refractivity contribution in [2.75, 3.05) is 24.4 Å². The van der Waals surface area contributed by atoms with E-state index in [0.717, 1.165) is 29.9 Å². The average molecular weight is 409 g/mol. The van der Waals surface area contributed by atoms with Gasteiger partial charge in [0.15, 0.2) is 0 Å². The van der Waals surface area contributed by atoms with E-state index in [1.807, 2.05) is 42.5 Å². The largest absolute Gasteiger partial charge is 0.468 e. The number of Topliss-reactive ketones (excluding diaryl/α,β-unsaturated/α-hetero) is 1. The van der Waals surface area contributed by atoms with Crippen molar-refractivity contribution >= 4 is 35.3 Å². The van der Waals surface area contributed by atoms with Crippen LogP contribution in [0.25, 0.3) is 0 Å². The molecule has 6 heteroatoms. The number of carbonyl (C=O) groups excluding carboxylic acids is 2. The Kier molecular flexibility index (Phi) is 10.0. The summed E-state index contributed by atoms with van der Waals surface area (Å²) in [5.41, 5.74) is 1.10. The first kappa shape index (κ1) is 22.1. The third-order valence-electron chi connectivity index (χ3n) is 4.48. The van der Waals surface area contributed by atoms with Gasteiger partial charge in [-0.2, -0.15) is 11.8 Å². The average Bonchev–Trinajstić information content (AvgIpc) is 3.03. The van der Waals surface area contributed by atoms with Gasteiger partial charge in [-0.3, -0.25) is 9.59 Å². The highest BCUT2D eigenvalue weighted by Crippen LogP contribution is 2.34. The summed E-state index contributed by atoms with van der Waals surface area (Å²) in [5, 5.41) is 10.2. The summed E-state index contributed by atoms with van der Waals surface area (Å²) in [6, 6.07) is 9.92. The lowest BCUT2D eigenvalue weighted by atomic mass is 10.0. The molecule has 1 saturated carbocycles. The smallest absolute Gasteiger partial charge is 0.315 e. The topological polar surface area (TPSA) is 63.6 Å². The highest BCUT2D eigenvalue weighted by Gasteiger charge is 2.33. The molecule has 4 nitrogen and oxygen atoms in total. The van der Waals surface area contributed by atoms with Crippen molar-refractivity contribution in [3.63, 3.8) is 0 Å². The summed E-state index contributed by atoms with van der Waals surface area (Å²) in [6.07, 6.45) is 6.39. The number of thioether (sulfide) groups is 2. The maximum Gasteiger partial charge on any atom is 0.315 e. The molecule has 1 unspecified atom stereocenters. The molecule has 0 spiro atoms. The highest BCUT2D eigenvalue weighted by atomic mass is 32.2. The lowest BCUT2D eigenvalue weighted by molar-refractivity contribution is -0.137. The molecule has 0 amide bonds. The fourth-order valence-corrected chi connectivity index (χ4v) is 5.34. The van der Waals surface area contributed by atoms with E-state index in [-0.39, 0.29) is 17.1 Å². The molecule has 0 saturated heterocycles. The van der Waals surface area contributed by atoms with Crippen molar-refractivity contribution in [2.45, 2.75) is 37.0 Å². The van der Waals surface area contributed by atoms with Crippen LogP contribution in [0, 0.1) is 5.92 Å². The number of rotatable bonds is 11. The number of hydrogen-bond donors (Lipinski definition) is 1. The Bertz CT molecular complexity index is 618. The molecule has 1 aliphatic rings. The van der Waals surface area contributed by atoms with Gasteiger partial charge in [-0.1, -0.05) is 42.5 Å². The molecule has 1 N–H and O–H groups in total. The summed E-state index contributed by atoms with van der Waals surface area (Å²) < 4.78 is 4.61. The molecule has 0 aliphatic heterocycles. The van der Waals surface area contributed by atoms with Crippen LogP contribution in [0.2, 0.25) is 0 Å². The molecule has 0 radical (unpaired) electrons. The fraction of sp³-hybridized carbons (Fsp3) is 0.524. The van der Waals surface area contributed by atoms with Crippen LogP contribution >= 0.6 is 23.5 Å². The Balaban J connectivity index is 1.72. The summed E-state index contributed by atoms with van der Waals surface area (Å²) in [6.45, 7) is 0. The molecule has 0 bridgehead atoms.